The average Bonchev–Trinajstić information content (AvgIpc) is 2.47. The van der Waals surface area contributed by atoms with Gasteiger partial charge in [-0.25, -0.2) is 9.59 Å². The van der Waals surface area contributed by atoms with Crippen molar-refractivity contribution in [3.63, 3.8) is 0 Å². The first-order valence-electron chi connectivity index (χ1n) is 6.26. The summed E-state index contributed by atoms with van der Waals surface area (Å²) in [7, 11) is 0. The smallest absolute Gasteiger partial charge is 0.336 e. The SMILES string of the molecule is CCC(=O)OC(O)CC.O=C(O)c1ccccc1C(=O)O. The standard InChI is InChI=1S/C8H6O4.C6H12O3/c9-7(10)5-3-1-2-4-6(5)8(11)12;1-3-5(7)9-6(8)4-2/h1-4H,(H,9,10)(H,11,12);5,7H,3-4H2,1-2H3. The van der Waals surface area contributed by atoms with Gasteiger partial charge in [0.05, 0.1) is 11.1 Å². The number of hydrogen-bond donors (Lipinski definition) is 3. The fourth-order valence-electron chi connectivity index (χ4n) is 1.17. The third-order valence-electron chi connectivity index (χ3n) is 2.29. The number of carbonyl (C=O) groups excluding carboxylic acids is 1. The van der Waals surface area contributed by atoms with Crippen LogP contribution in [0.1, 0.15) is 47.4 Å². The van der Waals surface area contributed by atoms with Gasteiger partial charge in [0.25, 0.3) is 0 Å². The molecule has 0 aliphatic carbocycles. The number of aliphatic hydroxyl groups is 1. The molecule has 3 N–H and O–H groups in total. The first-order valence-corrected chi connectivity index (χ1v) is 6.26. The second-order valence-corrected chi connectivity index (χ2v) is 3.86. The zero-order chi connectivity index (χ0) is 16.4. The number of ether oxygens (including phenoxy) is 1. The van der Waals surface area contributed by atoms with Gasteiger partial charge in [0, 0.05) is 12.8 Å². The van der Waals surface area contributed by atoms with Gasteiger partial charge in [-0.05, 0) is 12.1 Å². The lowest BCUT2D eigenvalue weighted by atomic mass is 10.1. The quantitative estimate of drug-likeness (QED) is 0.559. The Balaban J connectivity index is 0.000000400. The van der Waals surface area contributed by atoms with Crippen LogP contribution in [0.15, 0.2) is 24.3 Å². The van der Waals surface area contributed by atoms with Crippen molar-refractivity contribution in [2.45, 2.75) is 33.0 Å². The predicted molar refractivity (Wildman–Crippen MR) is 73.0 cm³/mol. The Hall–Kier alpha value is -2.41. The summed E-state index contributed by atoms with van der Waals surface area (Å²) in [5, 5.41) is 25.8. The summed E-state index contributed by atoms with van der Waals surface area (Å²) in [6, 6.07) is 5.48. The van der Waals surface area contributed by atoms with Crippen LogP contribution in [0, 0.1) is 0 Å². The topological polar surface area (TPSA) is 121 Å². The normalized spacial score (nSPS) is 10.8. The second-order valence-electron chi connectivity index (χ2n) is 3.86. The first-order chi connectivity index (χ1) is 9.83. The maximum absolute atomic E-state index is 10.5. The molecule has 7 heteroatoms. The van der Waals surface area contributed by atoms with Crippen LogP contribution in [-0.4, -0.2) is 39.5 Å². The van der Waals surface area contributed by atoms with Crippen molar-refractivity contribution < 1.29 is 34.4 Å². The van der Waals surface area contributed by atoms with Crippen molar-refractivity contribution in [2.24, 2.45) is 0 Å². The van der Waals surface area contributed by atoms with Gasteiger partial charge >= 0.3 is 17.9 Å². The van der Waals surface area contributed by atoms with Gasteiger partial charge in [0.2, 0.25) is 0 Å². The van der Waals surface area contributed by atoms with E-state index in [1.54, 1.807) is 13.8 Å². The summed E-state index contributed by atoms with van der Waals surface area (Å²) in [5.41, 5.74) is -0.380. The van der Waals surface area contributed by atoms with Crippen molar-refractivity contribution in [1.82, 2.24) is 0 Å². The molecule has 0 aliphatic heterocycles. The van der Waals surface area contributed by atoms with Gasteiger partial charge in [-0.3, -0.25) is 4.79 Å². The molecule has 116 valence electrons. The molecule has 21 heavy (non-hydrogen) atoms. The van der Waals surface area contributed by atoms with Crippen LogP contribution in [0.3, 0.4) is 0 Å². The van der Waals surface area contributed by atoms with Crippen LogP contribution in [0.4, 0.5) is 0 Å². The van der Waals surface area contributed by atoms with E-state index in [1.165, 1.54) is 24.3 Å². The summed E-state index contributed by atoms with van der Waals surface area (Å²) in [5.74, 6) is -2.81. The van der Waals surface area contributed by atoms with Crippen molar-refractivity contribution in [3.8, 4) is 0 Å². The highest BCUT2D eigenvalue weighted by Gasteiger charge is 2.13. The lowest BCUT2D eigenvalue weighted by molar-refractivity contribution is -0.167. The van der Waals surface area contributed by atoms with E-state index >= 15 is 0 Å². The van der Waals surface area contributed by atoms with Crippen molar-refractivity contribution in [2.75, 3.05) is 0 Å². The number of benzene rings is 1. The third kappa shape index (κ3) is 7.07. The van der Waals surface area contributed by atoms with Gasteiger partial charge in [-0.15, -0.1) is 0 Å². The van der Waals surface area contributed by atoms with Crippen LogP contribution < -0.4 is 0 Å². The van der Waals surface area contributed by atoms with Gasteiger partial charge < -0.3 is 20.1 Å². The Morgan fingerprint density at radius 1 is 1.05 bits per heavy atom. The minimum absolute atomic E-state index is 0.190. The molecule has 0 aromatic heterocycles. The van der Waals surface area contributed by atoms with E-state index in [0.717, 1.165) is 0 Å². The Labute approximate surface area is 121 Å². The maximum atomic E-state index is 10.5. The average molecular weight is 298 g/mol. The van der Waals surface area contributed by atoms with E-state index in [0.29, 0.717) is 12.8 Å². The highest BCUT2D eigenvalue weighted by molar-refractivity contribution is 6.01. The summed E-state index contributed by atoms with van der Waals surface area (Å²) in [6.07, 6.45) is -0.152. The molecule has 1 atom stereocenters. The first kappa shape index (κ1) is 18.6. The molecule has 1 aromatic carbocycles. The Kier molecular flexibility index (Phi) is 8.40. The van der Waals surface area contributed by atoms with E-state index in [4.69, 9.17) is 15.3 Å². The number of carbonyl (C=O) groups is 3. The second kappa shape index (κ2) is 9.49. The molecular formula is C14H18O7. The van der Waals surface area contributed by atoms with Crippen molar-refractivity contribution >= 4 is 17.9 Å². The minimum atomic E-state index is -1.23. The van der Waals surface area contributed by atoms with Crippen LogP contribution >= 0.6 is 0 Å². The summed E-state index contributed by atoms with van der Waals surface area (Å²) >= 11 is 0. The zero-order valence-electron chi connectivity index (χ0n) is 11.8. The van der Waals surface area contributed by atoms with Crippen LogP contribution in [0.25, 0.3) is 0 Å². The molecule has 0 aliphatic rings. The molecule has 0 bridgehead atoms. The highest BCUT2D eigenvalue weighted by atomic mass is 16.6. The number of esters is 1. The van der Waals surface area contributed by atoms with E-state index in [-0.39, 0.29) is 17.1 Å². The van der Waals surface area contributed by atoms with Crippen LogP contribution in [0.2, 0.25) is 0 Å². The molecule has 0 fully saturated rings. The van der Waals surface area contributed by atoms with Crippen LogP contribution in [-0.2, 0) is 9.53 Å². The molecule has 0 saturated heterocycles. The Morgan fingerprint density at radius 3 is 1.76 bits per heavy atom. The molecular weight excluding hydrogens is 280 g/mol. The summed E-state index contributed by atoms with van der Waals surface area (Å²) in [4.78, 5) is 31.3. The molecule has 0 saturated carbocycles. The van der Waals surface area contributed by atoms with Crippen molar-refractivity contribution in [3.05, 3.63) is 35.4 Å². The highest BCUT2D eigenvalue weighted by Crippen LogP contribution is 2.07. The molecule has 1 unspecified atom stereocenters. The number of carboxylic acid groups (broad SMARTS) is 2. The number of carboxylic acids is 2. The monoisotopic (exact) mass is 298 g/mol. The zero-order valence-corrected chi connectivity index (χ0v) is 11.8. The molecule has 1 aromatic rings. The largest absolute Gasteiger partial charge is 0.478 e. The fraction of sp³-hybridized carbons (Fsp3) is 0.357. The van der Waals surface area contributed by atoms with Gasteiger partial charge in [-0.2, -0.15) is 0 Å². The number of rotatable bonds is 5. The van der Waals surface area contributed by atoms with Gasteiger partial charge in [0.15, 0.2) is 6.29 Å². The summed E-state index contributed by atoms with van der Waals surface area (Å²) in [6.45, 7) is 3.43. The molecule has 0 spiro atoms. The third-order valence-corrected chi connectivity index (χ3v) is 2.29. The number of aliphatic hydroxyl groups excluding tert-OH is 1. The lowest BCUT2D eigenvalue weighted by Crippen LogP contribution is -2.15. The lowest BCUT2D eigenvalue weighted by Gasteiger charge is -2.07. The molecule has 0 heterocycles. The summed E-state index contributed by atoms with van der Waals surface area (Å²) < 4.78 is 4.47. The molecule has 0 amide bonds. The predicted octanol–water partition coefficient (Wildman–Crippen LogP) is 1.75. The van der Waals surface area contributed by atoms with E-state index in [9.17, 15) is 14.4 Å². The van der Waals surface area contributed by atoms with E-state index in [1.807, 2.05) is 0 Å². The van der Waals surface area contributed by atoms with Gasteiger partial charge in [-0.1, -0.05) is 26.0 Å². The fourth-order valence-corrected chi connectivity index (χ4v) is 1.17. The van der Waals surface area contributed by atoms with Crippen molar-refractivity contribution in [1.29, 1.82) is 0 Å². The van der Waals surface area contributed by atoms with Crippen LogP contribution in [0.5, 0.6) is 0 Å². The Bertz CT molecular complexity index is 463. The molecule has 0 radical (unpaired) electrons. The number of hydrogen-bond acceptors (Lipinski definition) is 5. The Morgan fingerprint density at radius 2 is 1.48 bits per heavy atom. The van der Waals surface area contributed by atoms with E-state index < -0.39 is 18.2 Å². The minimum Gasteiger partial charge on any atom is -0.478 e. The maximum Gasteiger partial charge on any atom is 0.336 e. The molecule has 7 nitrogen and oxygen atoms in total. The van der Waals surface area contributed by atoms with E-state index in [2.05, 4.69) is 4.74 Å². The number of aromatic carboxylic acids is 2. The van der Waals surface area contributed by atoms with Gasteiger partial charge in [0.1, 0.15) is 0 Å². The molecule has 1 rings (SSSR count).